The summed E-state index contributed by atoms with van der Waals surface area (Å²) in [5.74, 6) is 0.737. The van der Waals surface area contributed by atoms with Crippen LogP contribution in [0.1, 0.15) is 29.1 Å². The van der Waals surface area contributed by atoms with E-state index in [4.69, 9.17) is 9.47 Å². The Balaban J connectivity index is 2.28. The fourth-order valence-corrected chi connectivity index (χ4v) is 3.02. The van der Waals surface area contributed by atoms with Crippen LogP contribution in [0.2, 0.25) is 0 Å². The van der Waals surface area contributed by atoms with Crippen molar-refractivity contribution in [2.24, 2.45) is 5.92 Å². The molecule has 2 heterocycles. The second-order valence-electron chi connectivity index (χ2n) is 5.37. The van der Waals surface area contributed by atoms with Gasteiger partial charge in [-0.1, -0.05) is 13.8 Å². The number of thiophene rings is 1. The van der Waals surface area contributed by atoms with E-state index in [0.29, 0.717) is 30.6 Å². The third kappa shape index (κ3) is 3.72. The van der Waals surface area contributed by atoms with E-state index in [1.165, 1.54) is 17.7 Å². The molecule has 7 heteroatoms. The molecule has 0 bridgehead atoms. The molecule has 0 unspecified atom stereocenters. The van der Waals surface area contributed by atoms with E-state index in [1.54, 1.807) is 7.11 Å². The number of rotatable bonds is 7. The fraction of sp³-hybridized carbons (Fsp3) is 0.533. The number of fused-ring (bicyclic) bond motifs is 1. The molecule has 0 aliphatic rings. The third-order valence-electron chi connectivity index (χ3n) is 3.06. The van der Waals surface area contributed by atoms with Gasteiger partial charge >= 0.3 is 5.97 Å². The molecule has 2 rings (SSSR count). The molecule has 2 aromatic heterocycles. The average Bonchev–Trinajstić information content (AvgIpc) is 2.83. The number of hydrogen-bond donors (Lipinski definition) is 1. The minimum atomic E-state index is -0.294. The number of nitrogens with one attached hydrogen (secondary N) is 1. The van der Waals surface area contributed by atoms with Gasteiger partial charge in [0.15, 0.2) is 0 Å². The van der Waals surface area contributed by atoms with E-state index < -0.39 is 0 Å². The first kappa shape index (κ1) is 16.6. The molecule has 0 aliphatic carbocycles. The van der Waals surface area contributed by atoms with E-state index >= 15 is 0 Å². The lowest BCUT2D eigenvalue weighted by Crippen LogP contribution is -2.10. The predicted molar refractivity (Wildman–Crippen MR) is 87.6 cm³/mol. The Morgan fingerprint density at radius 1 is 1.41 bits per heavy atom. The first-order valence-electron chi connectivity index (χ1n) is 7.18. The highest BCUT2D eigenvalue weighted by Gasteiger charge is 2.20. The van der Waals surface area contributed by atoms with Gasteiger partial charge in [0, 0.05) is 13.7 Å². The molecular weight excluding hydrogens is 302 g/mol. The van der Waals surface area contributed by atoms with E-state index in [1.807, 2.05) is 20.8 Å². The highest BCUT2D eigenvalue weighted by Crippen LogP contribution is 2.33. The molecule has 22 heavy (non-hydrogen) atoms. The van der Waals surface area contributed by atoms with Gasteiger partial charge in [0.1, 0.15) is 21.9 Å². The molecular formula is C15H21N3O3S. The third-order valence-corrected chi connectivity index (χ3v) is 4.24. The van der Waals surface area contributed by atoms with Crippen LogP contribution in [-0.2, 0) is 9.47 Å². The normalized spacial score (nSPS) is 11.1. The predicted octanol–water partition coefficient (Wildman–Crippen LogP) is 2.87. The van der Waals surface area contributed by atoms with E-state index in [0.717, 1.165) is 21.6 Å². The van der Waals surface area contributed by atoms with Gasteiger partial charge in [-0.2, -0.15) is 0 Å². The zero-order valence-corrected chi connectivity index (χ0v) is 14.1. The summed E-state index contributed by atoms with van der Waals surface area (Å²) in [6.07, 6.45) is 1.50. The Morgan fingerprint density at radius 2 is 2.18 bits per heavy atom. The molecule has 0 spiro atoms. The highest BCUT2D eigenvalue weighted by molar-refractivity contribution is 7.20. The van der Waals surface area contributed by atoms with Crippen LogP contribution in [0.5, 0.6) is 0 Å². The van der Waals surface area contributed by atoms with Crippen molar-refractivity contribution in [2.45, 2.75) is 20.8 Å². The summed E-state index contributed by atoms with van der Waals surface area (Å²) in [4.78, 5) is 22.1. The maximum atomic E-state index is 12.2. The lowest BCUT2D eigenvalue weighted by atomic mass is 10.2. The van der Waals surface area contributed by atoms with Crippen molar-refractivity contribution in [3.8, 4) is 0 Å². The number of esters is 1. The van der Waals surface area contributed by atoms with Gasteiger partial charge in [0.25, 0.3) is 0 Å². The average molecular weight is 323 g/mol. The number of aromatic nitrogens is 2. The number of carbonyl (C=O) groups is 1. The summed E-state index contributed by atoms with van der Waals surface area (Å²) in [7, 11) is 1.65. The molecule has 1 N–H and O–H groups in total. The number of carbonyl (C=O) groups excluding carboxylic acids is 1. The number of hydrogen-bond acceptors (Lipinski definition) is 7. The standard InChI is InChI=1S/C15H21N3O3S/c1-9(2)7-21-15(19)12-10(3)11-13(16-5-6-20-4)17-8-18-14(11)22-12/h8-9H,5-7H2,1-4H3,(H,16,17,18). The Hall–Kier alpha value is -1.73. The Bertz CT molecular complexity index is 655. The number of anilines is 1. The Morgan fingerprint density at radius 3 is 2.86 bits per heavy atom. The van der Waals surface area contributed by atoms with Crippen LogP contribution in [0.4, 0.5) is 5.82 Å². The molecule has 0 aliphatic heterocycles. The molecule has 0 atom stereocenters. The van der Waals surface area contributed by atoms with Crippen LogP contribution >= 0.6 is 11.3 Å². The molecule has 0 aromatic carbocycles. The minimum Gasteiger partial charge on any atom is -0.461 e. The van der Waals surface area contributed by atoms with Crippen molar-refractivity contribution in [1.29, 1.82) is 0 Å². The Kier molecular flexibility index (Phi) is 5.68. The van der Waals surface area contributed by atoms with Gasteiger partial charge in [-0.05, 0) is 18.4 Å². The molecule has 120 valence electrons. The second kappa shape index (κ2) is 7.51. The lowest BCUT2D eigenvalue weighted by Gasteiger charge is -2.07. The van der Waals surface area contributed by atoms with Crippen molar-refractivity contribution in [1.82, 2.24) is 9.97 Å². The second-order valence-corrected chi connectivity index (χ2v) is 6.37. The van der Waals surface area contributed by atoms with Crippen molar-refractivity contribution in [2.75, 3.05) is 32.2 Å². The molecule has 0 saturated heterocycles. The van der Waals surface area contributed by atoms with Crippen molar-refractivity contribution in [3.63, 3.8) is 0 Å². The SMILES string of the molecule is COCCNc1ncnc2sc(C(=O)OCC(C)C)c(C)c12. The van der Waals surface area contributed by atoms with Gasteiger partial charge in [-0.25, -0.2) is 14.8 Å². The van der Waals surface area contributed by atoms with Crippen LogP contribution in [0, 0.1) is 12.8 Å². The highest BCUT2D eigenvalue weighted by atomic mass is 32.1. The maximum Gasteiger partial charge on any atom is 0.348 e. The summed E-state index contributed by atoms with van der Waals surface area (Å²) in [6, 6.07) is 0. The van der Waals surface area contributed by atoms with Gasteiger partial charge in [0.2, 0.25) is 0 Å². The van der Waals surface area contributed by atoms with Crippen LogP contribution in [0.3, 0.4) is 0 Å². The molecule has 0 saturated carbocycles. The van der Waals surface area contributed by atoms with Gasteiger partial charge < -0.3 is 14.8 Å². The number of aryl methyl sites for hydroxylation is 1. The minimum absolute atomic E-state index is 0.294. The fourth-order valence-electron chi connectivity index (χ4n) is 1.98. The summed E-state index contributed by atoms with van der Waals surface area (Å²) < 4.78 is 10.3. The molecule has 0 fully saturated rings. The quantitative estimate of drug-likeness (QED) is 0.624. The smallest absolute Gasteiger partial charge is 0.348 e. The zero-order valence-electron chi connectivity index (χ0n) is 13.3. The van der Waals surface area contributed by atoms with E-state index in [-0.39, 0.29) is 5.97 Å². The zero-order chi connectivity index (χ0) is 16.1. The summed E-state index contributed by atoms with van der Waals surface area (Å²) >= 11 is 1.34. The molecule has 6 nitrogen and oxygen atoms in total. The summed E-state index contributed by atoms with van der Waals surface area (Å²) in [6.45, 7) is 7.55. The topological polar surface area (TPSA) is 73.3 Å². The number of nitrogens with zero attached hydrogens (tertiary/aromatic N) is 2. The summed E-state index contributed by atoms with van der Waals surface area (Å²) in [5, 5.41) is 4.09. The first-order valence-corrected chi connectivity index (χ1v) is 8.00. The monoisotopic (exact) mass is 323 g/mol. The van der Waals surface area contributed by atoms with Crippen LogP contribution < -0.4 is 5.32 Å². The van der Waals surface area contributed by atoms with Crippen LogP contribution in [0.15, 0.2) is 6.33 Å². The van der Waals surface area contributed by atoms with Crippen LogP contribution in [0.25, 0.3) is 10.2 Å². The number of methoxy groups -OCH3 is 1. The van der Waals surface area contributed by atoms with E-state index in [9.17, 15) is 4.79 Å². The van der Waals surface area contributed by atoms with Crippen molar-refractivity contribution in [3.05, 3.63) is 16.8 Å². The van der Waals surface area contributed by atoms with Crippen molar-refractivity contribution >= 4 is 33.3 Å². The van der Waals surface area contributed by atoms with Gasteiger partial charge in [-0.3, -0.25) is 0 Å². The maximum absolute atomic E-state index is 12.2. The van der Waals surface area contributed by atoms with Crippen molar-refractivity contribution < 1.29 is 14.3 Å². The first-order chi connectivity index (χ1) is 10.5. The number of ether oxygens (including phenoxy) is 2. The lowest BCUT2D eigenvalue weighted by molar-refractivity contribution is 0.0464. The van der Waals surface area contributed by atoms with E-state index in [2.05, 4.69) is 15.3 Å². The summed E-state index contributed by atoms with van der Waals surface area (Å²) in [5.41, 5.74) is 0.856. The van der Waals surface area contributed by atoms with Crippen LogP contribution in [-0.4, -0.2) is 42.8 Å². The van der Waals surface area contributed by atoms with Gasteiger partial charge in [0.05, 0.1) is 18.6 Å². The molecule has 0 radical (unpaired) electrons. The Labute approximate surface area is 133 Å². The molecule has 2 aromatic rings. The molecule has 0 amide bonds. The van der Waals surface area contributed by atoms with Gasteiger partial charge in [-0.15, -0.1) is 11.3 Å². The largest absolute Gasteiger partial charge is 0.461 e.